The molecule has 1 aromatic heterocycles. The maximum absolute atomic E-state index is 11.0. The number of carbonyl (C=O) groups is 1. The fraction of sp³-hybridized carbons (Fsp3) is 0.700. The standard InChI is InChI=1S/C10H15N3O2/c1-6(10(14)15)7-4-3-5-8-9(7)11-12-13(8)2/h6-7H,3-5H2,1-2H3,(H,14,15). The summed E-state index contributed by atoms with van der Waals surface area (Å²) < 4.78 is 1.76. The van der Waals surface area contributed by atoms with Gasteiger partial charge in [-0.05, 0) is 19.3 Å². The van der Waals surface area contributed by atoms with Crippen LogP contribution in [0.25, 0.3) is 0 Å². The van der Waals surface area contributed by atoms with Gasteiger partial charge in [0.15, 0.2) is 0 Å². The van der Waals surface area contributed by atoms with Gasteiger partial charge in [0.25, 0.3) is 0 Å². The number of hydrogen-bond donors (Lipinski definition) is 1. The molecule has 0 saturated carbocycles. The Morgan fingerprint density at radius 3 is 3.07 bits per heavy atom. The van der Waals surface area contributed by atoms with E-state index in [9.17, 15) is 4.79 Å². The molecule has 5 heteroatoms. The fourth-order valence-corrected chi connectivity index (χ4v) is 2.26. The third kappa shape index (κ3) is 1.62. The molecule has 82 valence electrons. The van der Waals surface area contributed by atoms with Crippen molar-refractivity contribution in [3.05, 3.63) is 11.4 Å². The molecule has 1 heterocycles. The zero-order valence-electron chi connectivity index (χ0n) is 8.97. The molecule has 0 saturated heterocycles. The van der Waals surface area contributed by atoms with Crippen LogP contribution in [0.15, 0.2) is 0 Å². The number of aliphatic carboxylic acids is 1. The SMILES string of the molecule is CC(C(=O)O)C1CCCc2c1nnn2C. The van der Waals surface area contributed by atoms with E-state index in [0.29, 0.717) is 0 Å². The molecular formula is C10H15N3O2. The number of carboxylic acids is 1. The minimum atomic E-state index is -0.751. The van der Waals surface area contributed by atoms with Crippen LogP contribution in [0.5, 0.6) is 0 Å². The highest BCUT2D eigenvalue weighted by atomic mass is 16.4. The third-order valence-electron chi connectivity index (χ3n) is 3.25. The Bertz CT molecular complexity index is 386. The van der Waals surface area contributed by atoms with E-state index in [-0.39, 0.29) is 11.8 Å². The lowest BCUT2D eigenvalue weighted by molar-refractivity contribution is -0.142. The smallest absolute Gasteiger partial charge is 0.306 e. The molecule has 0 fully saturated rings. The van der Waals surface area contributed by atoms with E-state index in [1.54, 1.807) is 11.6 Å². The van der Waals surface area contributed by atoms with E-state index >= 15 is 0 Å². The summed E-state index contributed by atoms with van der Waals surface area (Å²) >= 11 is 0. The normalized spacial score (nSPS) is 22.1. The van der Waals surface area contributed by atoms with Crippen LogP contribution in [-0.2, 0) is 18.3 Å². The lowest BCUT2D eigenvalue weighted by Gasteiger charge is -2.24. The van der Waals surface area contributed by atoms with Crippen LogP contribution >= 0.6 is 0 Å². The Kier molecular flexibility index (Phi) is 2.46. The molecule has 0 aromatic carbocycles. The van der Waals surface area contributed by atoms with Gasteiger partial charge >= 0.3 is 5.97 Å². The maximum atomic E-state index is 11.0. The van der Waals surface area contributed by atoms with Crippen LogP contribution in [0.1, 0.15) is 37.1 Å². The zero-order valence-corrected chi connectivity index (χ0v) is 8.97. The Morgan fingerprint density at radius 1 is 1.67 bits per heavy atom. The van der Waals surface area contributed by atoms with Crippen LogP contribution in [0, 0.1) is 5.92 Å². The third-order valence-corrected chi connectivity index (χ3v) is 3.25. The number of carboxylic acid groups (broad SMARTS) is 1. The highest BCUT2D eigenvalue weighted by Gasteiger charge is 2.32. The molecule has 0 bridgehead atoms. The van der Waals surface area contributed by atoms with Gasteiger partial charge < -0.3 is 5.11 Å². The molecule has 0 spiro atoms. The van der Waals surface area contributed by atoms with Gasteiger partial charge in [-0.2, -0.15) is 0 Å². The molecule has 5 nitrogen and oxygen atoms in total. The molecule has 15 heavy (non-hydrogen) atoms. The second kappa shape index (κ2) is 3.64. The predicted octanol–water partition coefficient (Wildman–Crippen LogP) is 0.956. The monoisotopic (exact) mass is 209 g/mol. The first-order valence-corrected chi connectivity index (χ1v) is 5.22. The molecular weight excluding hydrogens is 194 g/mol. The highest BCUT2D eigenvalue weighted by molar-refractivity contribution is 5.70. The van der Waals surface area contributed by atoms with Gasteiger partial charge in [0.1, 0.15) is 0 Å². The Morgan fingerprint density at radius 2 is 2.40 bits per heavy atom. The summed E-state index contributed by atoms with van der Waals surface area (Å²) in [5.41, 5.74) is 1.98. The first kappa shape index (κ1) is 10.1. The van der Waals surface area contributed by atoms with Crippen molar-refractivity contribution in [1.82, 2.24) is 15.0 Å². The largest absolute Gasteiger partial charge is 0.481 e. The predicted molar refractivity (Wildman–Crippen MR) is 53.5 cm³/mol. The lowest BCUT2D eigenvalue weighted by Crippen LogP contribution is -2.23. The molecule has 1 aliphatic carbocycles. The van der Waals surface area contributed by atoms with Crippen LogP contribution in [0.4, 0.5) is 0 Å². The fourth-order valence-electron chi connectivity index (χ4n) is 2.26. The Labute approximate surface area is 88.1 Å². The number of aryl methyl sites for hydroxylation is 1. The van der Waals surface area contributed by atoms with Crippen molar-refractivity contribution in [2.45, 2.75) is 32.1 Å². The lowest BCUT2D eigenvalue weighted by atomic mass is 9.81. The first-order valence-electron chi connectivity index (χ1n) is 5.22. The van der Waals surface area contributed by atoms with Crippen LogP contribution in [-0.4, -0.2) is 26.1 Å². The van der Waals surface area contributed by atoms with E-state index in [0.717, 1.165) is 30.7 Å². The number of aromatic nitrogens is 3. The van der Waals surface area contributed by atoms with Crippen molar-refractivity contribution < 1.29 is 9.90 Å². The summed E-state index contributed by atoms with van der Waals surface area (Å²) in [6, 6.07) is 0. The summed E-state index contributed by atoms with van der Waals surface area (Å²) in [5.74, 6) is -1.10. The molecule has 0 amide bonds. The summed E-state index contributed by atoms with van der Waals surface area (Å²) in [5, 5.41) is 17.1. The van der Waals surface area contributed by atoms with Gasteiger partial charge in [-0.1, -0.05) is 12.1 Å². The average molecular weight is 209 g/mol. The Hall–Kier alpha value is -1.39. The molecule has 2 rings (SSSR count). The molecule has 0 radical (unpaired) electrons. The minimum absolute atomic E-state index is 0.0277. The van der Waals surface area contributed by atoms with Gasteiger partial charge in [-0.3, -0.25) is 9.48 Å². The van der Waals surface area contributed by atoms with Gasteiger partial charge in [-0.15, -0.1) is 5.10 Å². The summed E-state index contributed by atoms with van der Waals surface area (Å²) in [4.78, 5) is 11.0. The molecule has 1 N–H and O–H groups in total. The van der Waals surface area contributed by atoms with Crippen molar-refractivity contribution >= 4 is 5.97 Å². The quantitative estimate of drug-likeness (QED) is 0.787. The van der Waals surface area contributed by atoms with E-state index < -0.39 is 5.97 Å². The minimum Gasteiger partial charge on any atom is -0.481 e. The molecule has 2 atom stereocenters. The highest BCUT2D eigenvalue weighted by Crippen LogP contribution is 2.35. The van der Waals surface area contributed by atoms with E-state index in [1.165, 1.54) is 0 Å². The molecule has 1 aliphatic rings. The molecule has 0 aliphatic heterocycles. The van der Waals surface area contributed by atoms with Gasteiger partial charge in [0.05, 0.1) is 17.3 Å². The second-order valence-electron chi connectivity index (χ2n) is 4.17. The number of fused-ring (bicyclic) bond motifs is 1. The van der Waals surface area contributed by atoms with Crippen LogP contribution in [0.2, 0.25) is 0 Å². The van der Waals surface area contributed by atoms with Crippen LogP contribution in [0.3, 0.4) is 0 Å². The van der Waals surface area contributed by atoms with Crippen LogP contribution < -0.4 is 0 Å². The van der Waals surface area contributed by atoms with Crippen molar-refractivity contribution in [3.8, 4) is 0 Å². The van der Waals surface area contributed by atoms with Crippen molar-refractivity contribution in [1.29, 1.82) is 0 Å². The van der Waals surface area contributed by atoms with Gasteiger partial charge in [0.2, 0.25) is 0 Å². The maximum Gasteiger partial charge on any atom is 0.306 e. The van der Waals surface area contributed by atoms with Crippen molar-refractivity contribution in [3.63, 3.8) is 0 Å². The topological polar surface area (TPSA) is 68.0 Å². The number of rotatable bonds is 2. The van der Waals surface area contributed by atoms with Crippen molar-refractivity contribution in [2.75, 3.05) is 0 Å². The summed E-state index contributed by atoms with van der Waals surface area (Å²) in [6.07, 6.45) is 2.89. The Balaban J connectivity index is 2.34. The van der Waals surface area contributed by atoms with Crippen molar-refractivity contribution in [2.24, 2.45) is 13.0 Å². The number of hydrogen-bond acceptors (Lipinski definition) is 3. The van der Waals surface area contributed by atoms with Gasteiger partial charge in [-0.25, -0.2) is 0 Å². The van der Waals surface area contributed by atoms with E-state index in [1.807, 2.05) is 7.05 Å². The van der Waals surface area contributed by atoms with Gasteiger partial charge in [0, 0.05) is 13.0 Å². The first-order chi connectivity index (χ1) is 7.11. The zero-order chi connectivity index (χ0) is 11.0. The molecule has 2 unspecified atom stereocenters. The average Bonchev–Trinajstić information content (AvgIpc) is 2.59. The summed E-state index contributed by atoms with van der Waals surface area (Å²) in [6.45, 7) is 1.75. The van der Waals surface area contributed by atoms with E-state index in [4.69, 9.17) is 5.11 Å². The summed E-state index contributed by atoms with van der Waals surface area (Å²) in [7, 11) is 1.86. The molecule has 1 aromatic rings. The van der Waals surface area contributed by atoms with E-state index in [2.05, 4.69) is 10.3 Å². The number of nitrogens with zero attached hydrogens (tertiary/aromatic N) is 3. The second-order valence-corrected chi connectivity index (χ2v) is 4.17.